The fraction of sp³-hybridized carbons (Fsp3) is 0.348. The van der Waals surface area contributed by atoms with E-state index in [2.05, 4.69) is 27.8 Å². The minimum absolute atomic E-state index is 0. The SMILES string of the molecule is Cc1ccc(C(C)(O)CN=C(NCCc2ccccc2)NCCc2ccco2)o1.I. The molecule has 162 valence electrons. The van der Waals surface area contributed by atoms with Crippen molar-refractivity contribution in [1.82, 2.24) is 10.6 Å². The Bertz CT molecular complexity index is 890. The fourth-order valence-corrected chi connectivity index (χ4v) is 2.94. The maximum absolute atomic E-state index is 10.8. The van der Waals surface area contributed by atoms with Gasteiger partial charge in [0, 0.05) is 19.5 Å². The Balaban J connectivity index is 0.00000320. The van der Waals surface area contributed by atoms with Crippen LogP contribution in [0.3, 0.4) is 0 Å². The third-order valence-electron chi connectivity index (χ3n) is 4.61. The van der Waals surface area contributed by atoms with Gasteiger partial charge in [-0.2, -0.15) is 0 Å². The number of aliphatic hydroxyl groups is 1. The zero-order chi connectivity index (χ0) is 20.5. The summed E-state index contributed by atoms with van der Waals surface area (Å²) in [5.41, 5.74) is 0.0801. The number of furan rings is 2. The van der Waals surface area contributed by atoms with E-state index in [9.17, 15) is 5.11 Å². The summed E-state index contributed by atoms with van der Waals surface area (Å²) in [7, 11) is 0. The number of hydrogen-bond donors (Lipinski definition) is 3. The molecule has 0 bridgehead atoms. The van der Waals surface area contributed by atoms with Crippen molar-refractivity contribution in [3.8, 4) is 0 Å². The van der Waals surface area contributed by atoms with E-state index in [4.69, 9.17) is 8.83 Å². The number of halogens is 1. The van der Waals surface area contributed by atoms with Crippen LogP contribution in [0.2, 0.25) is 0 Å². The number of nitrogens with one attached hydrogen (secondary N) is 2. The third kappa shape index (κ3) is 7.53. The molecule has 2 aromatic heterocycles. The smallest absolute Gasteiger partial charge is 0.191 e. The van der Waals surface area contributed by atoms with Gasteiger partial charge in [0.25, 0.3) is 0 Å². The van der Waals surface area contributed by atoms with E-state index in [-0.39, 0.29) is 30.5 Å². The van der Waals surface area contributed by atoms with Gasteiger partial charge in [0.2, 0.25) is 0 Å². The summed E-state index contributed by atoms with van der Waals surface area (Å²) in [5.74, 6) is 2.84. The van der Waals surface area contributed by atoms with Crippen LogP contribution in [0, 0.1) is 6.92 Å². The Kier molecular flexibility index (Phi) is 9.45. The standard InChI is InChI=1S/C23H29N3O3.HI/c1-18-10-11-21(29-18)23(2,27)17-26-22(25-15-13-20-9-6-16-28-20)24-14-12-19-7-4-3-5-8-19;/h3-11,16,27H,12-15,17H2,1-2H3,(H2,24,25,26);1H. The third-order valence-corrected chi connectivity index (χ3v) is 4.61. The summed E-state index contributed by atoms with van der Waals surface area (Å²) in [5, 5.41) is 17.4. The first kappa shape index (κ1) is 24.0. The second-order valence-electron chi connectivity index (χ2n) is 7.27. The molecule has 0 spiro atoms. The van der Waals surface area contributed by atoms with Crippen LogP contribution >= 0.6 is 24.0 Å². The first-order chi connectivity index (χ1) is 14.0. The van der Waals surface area contributed by atoms with Gasteiger partial charge in [0.05, 0.1) is 12.8 Å². The van der Waals surface area contributed by atoms with Crippen molar-refractivity contribution < 1.29 is 13.9 Å². The lowest BCUT2D eigenvalue weighted by Crippen LogP contribution is -2.40. The molecule has 1 unspecified atom stereocenters. The zero-order valence-corrected chi connectivity index (χ0v) is 19.8. The molecule has 0 aliphatic rings. The second kappa shape index (κ2) is 11.8. The highest BCUT2D eigenvalue weighted by Crippen LogP contribution is 2.23. The molecule has 0 saturated heterocycles. The summed E-state index contributed by atoms with van der Waals surface area (Å²) in [6, 6.07) is 17.8. The van der Waals surface area contributed by atoms with Crippen LogP contribution in [0.4, 0.5) is 0 Å². The summed E-state index contributed by atoms with van der Waals surface area (Å²) in [4.78, 5) is 4.58. The number of aliphatic imine (C=N–C) groups is 1. The summed E-state index contributed by atoms with van der Waals surface area (Å²) in [6.07, 6.45) is 3.30. The number of hydrogen-bond acceptors (Lipinski definition) is 4. The highest BCUT2D eigenvalue weighted by atomic mass is 127. The molecule has 0 radical (unpaired) electrons. The van der Waals surface area contributed by atoms with Gasteiger partial charge in [-0.15, -0.1) is 24.0 Å². The predicted molar refractivity (Wildman–Crippen MR) is 129 cm³/mol. The van der Waals surface area contributed by atoms with Crippen LogP contribution in [0.1, 0.15) is 29.8 Å². The molecule has 0 amide bonds. The molecule has 7 heteroatoms. The van der Waals surface area contributed by atoms with E-state index < -0.39 is 5.60 Å². The highest BCUT2D eigenvalue weighted by Gasteiger charge is 2.26. The number of nitrogens with zero attached hydrogens (tertiary/aromatic N) is 1. The van der Waals surface area contributed by atoms with Crippen LogP contribution in [0.5, 0.6) is 0 Å². The van der Waals surface area contributed by atoms with Crippen LogP contribution in [0.25, 0.3) is 0 Å². The van der Waals surface area contributed by atoms with Crippen molar-refractivity contribution in [1.29, 1.82) is 0 Å². The molecule has 0 aliphatic carbocycles. The largest absolute Gasteiger partial charge is 0.469 e. The van der Waals surface area contributed by atoms with Crippen molar-refractivity contribution in [2.45, 2.75) is 32.3 Å². The molecule has 0 fully saturated rings. The van der Waals surface area contributed by atoms with Crippen molar-refractivity contribution in [3.63, 3.8) is 0 Å². The average Bonchev–Trinajstić information content (AvgIpc) is 3.39. The average molecular weight is 523 g/mol. The van der Waals surface area contributed by atoms with Gasteiger partial charge in [-0.05, 0) is 50.1 Å². The van der Waals surface area contributed by atoms with Gasteiger partial charge >= 0.3 is 0 Å². The van der Waals surface area contributed by atoms with Crippen molar-refractivity contribution in [2.24, 2.45) is 4.99 Å². The predicted octanol–water partition coefficient (Wildman–Crippen LogP) is 4.03. The Morgan fingerprint density at radius 2 is 1.73 bits per heavy atom. The second-order valence-corrected chi connectivity index (χ2v) is 7.27. The minimum Gasteiger partial charge on any atom is -0.469 e. The molecule has 1 aromatic carbocycles. The van der Waals surface area contributed by atoms with Gasteiger partial charge in [-0.3, -0.25) is 0 Å². The first-order valence-corrected chi connectivity index (χ1v) is 9.91. The quantitative estimate of drug-likeness (QED) is 0.224. The van der Waals surface area contributed by atoms with Crippen molar-refractivity contribution in [3.05, 3.63) is 83.7 Å². The van der Waals surface area contributed by atoms with Gasteiger partial charge < -0.3 is 24.6 Å². The number of aryl methyl sites for hydroxylation is 1. The van der Waals surface area contributed by atoms with Gasteiger partial charge in [-0.1, -0.05) is 30.3 Å². The Morgan fingerprint density at radius 3 is 2.37 bits per heavy atom. The molecule has 0 saturated carbocycles. The lowest BCUT2D eigenvalue weighted by Gasteiger charge is -2.20. The van der Waals surface area contributed by atoms with Gasteiger partial charge in [-0.25, -0.2) is 4.99 Å². The Morgan fingerprint density at radius 1 is 1.00 bits per heavy atom. The maximum atomic E-state index is 10.8. The summed E-state index contributed by atoms with van der Waals surface area (Å²) in [6.45, 7) is 5.15. The lowest BCUT2D eigenvalue weighted by molar-refractivity contribution is 0.0428. The molecule has 6 nitrogen and oxygen atoms in total. The number of rotatable bonds is 9. The molecule has 0 aliphatic heterocycles. The first-order valence-electron chi connectivity index (χ1n) is 9.91. The van der Waals surface area contributed by atoms with E-state index in [0.29, 0.717) is 18.3 Å². The van der Waals surface area contributed by atoms with Crippen molar-refractivity contribution >= 4 is 29.9 Å². The fourth-order valence-electron chi connectivity index (χ4n) is 2.94. The number of benzene rings is 1. The van der Waals surface area contributed by atoms with Crippen LogP contribution in [-0.2, 0) is 18.4 Å². The Labute approximate surface area is 194 Å². The summed E-state index contributed by atoms with van der Waals surface area (Å²) < 4.78 is 11.0. The van der Waals surface area contributed by atoms with Gasteiger partial charge in [0.1, 0.15) is 22.9 Å². The lowest BCUT2D eigenvalue weighted by atomic mass is 10.0. The topological polar surface area (TPSA) is 82.9 Å². The highest BCUT2D eigenvalue weighted by molar-refractivity contribution is 14.0. The molecule has 30 heavy (non-hydrogen) atoms. The molecule has 3 aromatic rings. The van der Waals surface area contributed by atoms with Crippen molar-refractivity contribution in [2.75, 3.05) is 19.6 Å². The molecular weight excluding hydrogens is 493 g/mol. The minimum atomic E-state index is -1.18. The maximum Gasteiger partial charge on any atom is 0.191 e. The molecule has 3 rings (SSSR count). The van der Waals surface area contributed by atoms with E-state index in [1.54, 1.807) is 19.3 Å². The zero-order valence-electron chi connectivity index (χ0n) is 17.4. The summed E-state index contributed by atoms with van der Waals surface area (Å²) >= 11 is 0. The molecule has 3 N–H and O–H groups in total. The molecule has 1 atom stereocenters. The number of guanidine groups is 1. The van der Waals surface area contributed by atoms with Gasteiger partial charge in [0.15, 0.2) is 5.96 Å². The van der Waals surface area contributed by atoms with E-state index in [0.717, 1.165) is 30.9 Å². The van der Waals surface area contributed by atoms with Crippen LogP contribution in [-0.4, -0.2) is 30.7 Å². The molecule has 2 heterocycles. The normalized spacial score (nSPS) is 13.4. The monoisotopic (exact) mass is 523 g/mol. The molecular formula is C23H30IN3O3. The van der Waals surface area contributed by atoms with Crippen LogP contribution < -0.4 is 10.6 Å². The van der Waals surface area contributed by atoms with E-state index >= 15 is 0 Å². The van der Waals surface area contributed by atoms with Crippen LogP contribution in [0.15, 0.2) is 74.7 Å². The van der Waals surface area contributed by atoms with E-state index in [1.165, 1.54) is 5.56 Å². The Hall–Kier alpha value is -2.26. The van der Waals surface area contributed by atoms with E-state index in [1.807, 2.05) is 43.3 Å².